The van der Waals surface area contributed by atoms with Crippen LogP contribution in [0.2, 0.25) is 0 Å². The molecule has 0 bridgehead atoms. The van der Waals surface area contributed by atoms with E-state index in [-0.39, 0.29) is 18.4 Å². The lowest BCUT2D eigenvalue weighted by Gasteiger charge is -2.31. The van der Waals surface area contributed by atoms with E-state index in [4.69, 9.17) is 19.6 Å². The van der Waals surface area contributed by atoms with Crippen LogP contribution in [0.5, 0.6) is 0 Å². The summed E-state index contributed by atoms with van der Waals surface area (Å²) in [6.45, 7) is 9.64. The van der Waals surface area contributed by atoms with Gasteiger partial charge in [-0.3, -0.25) is 9.78 Å². The first-order valence-corrected chi connectivity index (χ1v) is 16.2. The van der Waals surface area contributed by atoms with Gasteiger partial charge in [-0.1, -0.05) is 130 Å². The molecule has 0 rings (SSSR count). The quantitative estimate of drug-likeness (QED) is 0.0532. The molecule has 0 saturated heterocycles. The molecule has 0 aliphatic heterocycles. The average molecular weight is 543 g/mol. The Morgan fingerprint density at radius 2 is 0.868 bits per heavy atom. The second kappa shape index (κ2) is 27.4. The average Bonchev–Trinajstić information content (AvgIpc) is 2.91. The minimum atomic E-state index is -0.608. The molecule has 0 aromatic heterocycles. The van der Waals surface area contributed by atoms with Gasteiger partial charge in [0.05, 0.1) is 18.6 Å². The number of hydrogen-bond donors (Lipinski definition) is 0. The number of rotatable bonds is 29. The summed E-state index contributed by atoms with van der Waals surface area (Å²) < 4.78 is 0. The van der Waals surface area contributed by atoms with Crippen molar-refractivity contribution in [3.05, 3.63) is 0 Å². The fourth-order valence-electron chi connectivity index (χ4n) is 4.89. The zero-order valence-electron chi connectivity index (χ0n) is 25.6. The van der Waals surface area contributed by atoms with Crippen LogP contribution in [-0.2, 0) is 29.1 Å². The van der Waals surface area contributed by atoms with E-state index < -0.39 is 5.41 Å². The van der Waals surface area contributed by atoms with Crippen LogP contribution < -0.4 is 0 Å². The van der Waals surface area contributed by atoms with E-state index in [9.17, 15) is 9.59 Å². The van der Waals surface area contributed by atoms with Crippen LogP contribution in [0, 0.1) is 5.41 Å². The molecular formula is C32H62O6. The van der Waals surface area contributed by atoms with Crippen molar-refractivity contribution in [2.75, 3.05) is 13.2 Å². The molecule has 0 heterocycles. The zero-order chi connectivity index (χ0) is 28.2. The van der Waals surface area contributed by atoms with Crippen molar-refractivity contribution in [2.45, 2.75) is 175 Å². The molecule has 0 aromatic rings. The molecule has 0 N–H and O–H groups in total. The number of hydrogen-bond acceptors (Lipinski definition) is 6. The summed E-state index contributed by atoms with van der Waals surface area (Å²) in [6.07, 6.45) is 23.0. The van der Waals surface area contributed by atoms with Gasteiger partial charge in [-0.15, -0.1) is 0 Å². The van der Waals surface area contributed by atoms with Crippen LogP contribution in [-0.4, -0.2) is 25.2 Å². The van der Waals surface area contributed by atoms with E-state index in [1.54, 1.807) is 0 Å². The van der Waals surface area contributed by atoms with Crippen LogP contribution in [0.25, 0.3) is 0 Å². The maximum absolute atomic E-state index is 13.5. The van der Waals surface area contributed by atoms with Crippen molar-refractivity contribution in [3.8, 4) is 0 Å². The summed E-state index contributed by atoms with van der Waals surface area (Å²) >= 11 is 0. The molecular weight excluding hydrogens is 480 g/mol. The maximum atomic E-state index is 13.5. The molecule has 0 aliphatic carbocycles. The third-order valence-corrected chi connectivity index (χ3v) is 7.44. The first-order chi connectivity index (χ1) is 18.6. The summed E-state index contributed by atoms with van der Waals surface area (Å²) in [5, 5.41) is 0. The predicted molar refractivity (Wildman–Crippen MR) is 155 cm³/mol. The fraction of sp³-hybridized carbons (Fsp3) is 0.938. The first kappa shape index (κ1) is 36.9. The summed E-state index contributed by atoms with van der Waals surface area (Å²) in [5.41, 5.74) is -0.608. The maximum Gasteiger partial charge on any atom is 0.348 e. The third-order valence-electron chi connectivity index (χ3n) is 7.44. The Hall–Kier alpha value is -1.14. The summed E-state index contributed by atoms with van der Waals surface area (Å²) in [6, 6.07) is 0. The Bertz CT molecular complexity index is 522. The van der Waals surface area contributed by atoms with Crippen molar-refractivity contribution >= 4 is 11.9 Å². The molecule has 0 aromatic carbocycles. The highest BCUT2D eigenvalue weighted by molar-refractivity contribution is 5.76. The molecule has 0 unspecified atom stereocenters. The SMILES string of the molecule is CCCCCCCC(CCCCCCC)(CCCC(=O)OOCCCCCC)C(=O)OOCCCCCC. The fourth-order valence-corrected chi connectivity index (χ4v) is 4.89. The first-order valence-electron chi connectivity index (χ1n) is 16.2. The second-order valence-corrected chi connectivity index (χ2v) is 11.1. The molecule has 0 aliphatic rings. The molecule has 0 spiro atoms. The molecule has 6 heteroatoms. The monoisotopic (exact) mass is 542 g/mol. The van der Waals surface area contributed by atoms with Gasteiger partial charge in [0.25, 0.3) is 0 Å². The van der Waals surface area contributed by atoms with Gasteiger partial charge < -0.3 is 0 Å². The van der Waals surface area contributed by atoms with Crippen LogP contribution in [0.1, 0.15) is 175 Å². The standard InChI is InChI=1S/C32H62O6/c1-5-9-13-17-19-25-32(26-20-18-14-10-6-2,31(34)38-36-29-22-16-12-8-4)27-23-24-30(33)37-35-28-21-15-11-7-3/h5-29H2,1-4H3. The van der Waals surface area contributed by atoms with E-state index in [1.165, 1.54) is 38.5 Å². The third kappa shape index (κ3) is 20.8. The lowest BCUT2D eigenvalue weighted by molar-refractivity contribution is -0.283. The lowest BCUT2D eigenvalue weighted by Crippen LogP contribution is -2.34. The van der Waals surface area contributed by atoms with E-state index in [1.807, 2.05) is 0 Å². The molecule has 0 saturated carbocycles. The van der Waals surface area contributed by atoms with Gasteiger partial charge >= 0.3 is 11.9 Å². The van der Waals surface area contributed by atoms with Crippen LogP contribution >= 0.6 is 0 Å². The number of unbranched alkanes of at least 4 members (excludes halogenated alkanes) is 14. The molecule has 6 nitrogen and oxygen atoms in total. The Kier molecular flexibility index (Phi) is 26.6. The van der Waals surface area contributed by atoms with Gasteiger partial charge in [-0.2, -0.15) is 9.78 Å². The van der Waals surface area contributed by atoms with E-state index >= 15 is 0 Å². The summed E-state index contributed by atoms with van der Waals surface area (Å²) in [4.78, 5) is 46.7. The van der Waals surface area contributed by atoms with Crippen molar-refractivity contribution in [3.63, 3.8) is 0 Å². The molecule has 0 atom stereocenters. The summed E-state index contributed by atoms with van der Waals surface area (Å²) in [7, 11) is 0. The van der Waals surface area contributed by atoms with Gasteiger partial charge in [0.1, 0.15) is 0 Å². The van der Waals surface area contributed by atoms with E-state index in [2.05, 4.69) is 27.7 Å². The molecule has 0 fully saturated rings. The van der Waals surface area contributed by atoms with Crippen molar-refractivity contribution in [1.29, 1.82) is 0 Å². The summed E-state index contributed by atoms with van der Waals surface area (Å²) in [5.74, 6) is -0.611. The smallest absolute Gasteiger partial charge is 0.298 e. The van der Waals surface area contributed by atoms with E-state index in [0.717, 1.165) is 89.9 Å². The van der Waals surface area contributed by atoms with Gasteiger partial charge in [0, 0.05) is 6.42 Å². The Morgan fingerprint density at radius 3 is 1.34 bits per heavy atom. The lowest BCUT2D eigenvalue weighted by atomic mass is 9.74. The Morgan fingerprint density at radius 1 is 0.474 bits per heavy atom. The van der Waals surface area contributed by atoms with Crippen molar-refractivity contribution < 1.29 is 29.1 Å². The highest BCUT2D eigenvalue weighted by Crippen LogP contribution is 2.39. The number of carbonyl (C=O) groups excluding carboxylic acids is 2. The largest absolute Gasteiger partial charge is 0.348 e. The van der Waals surface area contributed by atoms with Gasteiger partial charge in [-0.05, 0) is 38.5 Å². The molecule has 38 heavy (non-hydrogen) atoms. The predicted octanol–water partition coefficient (Wildman–Crippen LogP) is 9.97. The minimum absolute atomic E-state index is 0.244. The molecule has 0 radical (unpaired) electrons. The number of carbonyl (C=O) groups is 2. The minimum Gasteiger partial charge on any atom is -0.298 e. The zero-order valence-corrected chi connectivity index (χ0v) is 25.6. The van der Waals surface area contributed by atoms with E-state index in [0.29, 0.717) is 26.1 Å². The second-order valence-electron chi connectivity index (χ2n) is 11.1. The van der Waals surface area contributed by atoms with Crippen molar-refractivity contribution in [2.24, 2.45) is 5.41 Å². The van der Waals surface area contributed by atoms with Gasteiger partial charge in [0.2, 0.25) is 0 Å². The topological polar surface area (TPSA) is 71.1 Å². The highest BCUT2D eigenvalue weighted by Gasteiger charge is 2.39. The van der Waals surface area contributed by atoms with Crippen molar-refractivity contribution in [1.82, 2.24) is 0 Å². The van der Waals surface area contributed by atoms with Crippen LogP contribution in [0.4, 0.5) is 0 Å². The Balaban J connectivity index is 5.02. The molecule has 0 amide bonds. The highest BCUT2D eigenvalue weighted by atomic mass is 17.2. The van der Waals surface area contributed by atoms with Crippen LogP contribution in [0.15, 0.2) is 0 Å². The normalized spacial score (nSPS) is 11.6. The van der Waals surface area contributed by atoms with Crippen LogP contribution in [0.3, 0.4) is 0 Å². The van der Waals surface area contributed by atoms with Gasteiger partial charge in [0.15, 0.2) is 0 Å². The van der Waals surface area contributed by atoms with Gasteiger partial charge in [-0.25, -0.2) is 9.59 Å². The molecule has 226 valence electrons. The Labute approximate surface area is 235 Å².